The summed E-state index contributed by atoms with van der Waals surface area (Å²) in [5, 5.41) is 15.7. The van der Waals surface area contributed by atoms with E-state index in [9.17, 15) is 14.3 Å². The Hall–Kier alpha value is -2.40. The minimum Gasteiger partial charge on any atom is -0.386 e. The number of amides is 2. The number of nitrogens with one attached hydrogen (secondary N) is 2. The molecule has 3 N–H and O–H groups in total. The molecule has 0 aliphatic rings. The second-order valence-electron chi connectivity index (χ2n) is 5.70. The van der Waals surface area contributed by atoms with Crippen LogP contribution < -0.4 is 10.6 Å². The number of halogens is 1. The van der Waals surface area contributed by atoms with Gasteiger partial charge in [-0.1, -0.05) is 24.3 Å². The molecule has 0 aliphatic carbocycles. The fourth-order valence-electron chi connectivity index (χ4n) is 2.26. The van der Waals surface area contributed by atoms with Gasteiger partial charge in [-0.05, 0) is 55.7 Å². The van der Waals surface area contributed by atoms with Gasteiger partial charge in [0.1, 0.15) is 5.82 Å². The van der Waals surface area contributed by atoms with Crippen LogP contribution in [0, 0.1) is 19.7 Å². The summed E-state index contributed by atoms with van der Waals surface area (Å²) in [6.45, 7) is 5.55. The van der Waals surface area contributed by atoms with Gasteiger partial charge in [0.15, 0.2) is 0 Å². The van der Waals surface area contributed by atoms with E-state index in [-0.39, 0.29) is 5.82 Å². The Morgan fingerprint density at radius 1 is 1.13 bits per heavy atom. The fraction of sp³-hybridized carbons (Fsp3) is 0.278. The Balaban J connectivity index is 1.99. The first-order valence-electron chi connectivity index (χ1n) is 7.45. The monoisotopic (exact) mass is 316 g/mol. The van der Waals surface area contributed by atoms with E-state index >= 15 is 0 Å². The molecule has 0 heterocycles. The zero-order valence-corrected chi connectivity index (χ0v) is 13.4. The fourth-order valence-corrected chi connectivity index (χ4v) is 2.26. The summed E-state index contributed by atoms with van der Waals surface area (Å²) in [4.78, 5) is 12.1. The van der Waals surface area contributed by atoms with Gasteiger partial charge in [-0.3, -0.25) is 0 Å². The van der Waals surface area contributed by atoms with Crippen molar-refractivity contribution in [1.29, 1.82) is 0 Å². The number of urea groups is 1. The number of aryl methyl sites for hydroxylation is 2. The molecule has 2 rings (SSSR count). The predicted octanol–water partition coefficient (Wildman–Crippen LogP) is 3.69. The standard InChI is InChI=1S/C18H21FN2O2/c1-11-4-5-12(2)16(10-11)21-18(23)20-13(3)17(22)14-6-8-15(19)9-7-14/h4-10,13,17,22H,1-3H3,(H2,20,21,23). The molecule has 0 aliphatic heterocycles. The number of aliphatic hydroxyl groups excluding tert-OH is 1. The van der Waals surface area contributed by atoms with Crippen molar-refractivity contribution in [2.45, 2.75) is 32.9 Å². The zero-order chi connectivity index (χ0) is 17.0. The van der Waals surface area contributed by atoms with Gasteiger partial charge < -0.3 is 15.7 Å². The van der Waals surface area contributed by atoms with Crippen molar-refractivity contribution in [3.8, 4) is 0 Å². The van der Waals surface area contributed by atoms with Crippen molar-refractivity contribution in [3.05, 3.63) is 65.0 Å². The molecule has 2 unspecified atom stereocenters. The second kappa shape index (κ2) is 7.24. The summed E-state index contributed by atoms with van der Waals surface area (Å²) >= 11 is 0. The molecule has 0 bridgehead atoms. The van der Waals surface area contributed by atoms with Crippen LogP contribution in [0.1, 0.15) is 29.7 Å². The van der Waals surface area contributed by atoms with Crippen LogP contribution in [0.5, 0.6) is 0 Å². The average Bonchev–Trinajstić information content (AvgIpc) is 2.51. The van der Waals surface area contributed by atoms with E-state index in [0.29, 0.717) is 5.56 Å². The van der Waals surface area contributed by atoms with Crippen LogP contribution in [0.2, 0.25) is 0 Å². The first kappa shape index (κ1) is 17.0. The van der Waals surface area contributed by atoms with Crippen molar-refractivity contribution in [2.75, 3.05) is 5.32 Å². The highest BCUT2D eigenvalue weighted by atomic mass is 19.1. The predicted molar refractivity (Wildman–Crippen MR) is 88.9 cm³/mol. The minimum absolute atomic E-state index is 0.366. The highest BCUT2D eigenvalue weighted by Crippen LogP contribution is 2.18. The molecule has 0 fully saturated rings. The van der Waals surface area contributed by atoms with Crippen LogP contribution in [0.4, 0.5) is 14.9 Å². The van der Waals surface area contributed by atoms with Gasteiger partial charge in [0.25, 0.3) is 0 Å². The van der Waals surface area contributed by atoms with Crippen LogP contribution in [-0.2, 0) is 0 Å². The molecule has 122 valence electrons. The SMILES string of the molecule is Cc1ccc(C)c(NC(=O)NC(C)C(O)c2ccc(F)cc2)c1. The molecule has 4 nitrogen and oxygen atoms in total. The third kappa shape index (κ3) is 4.53. The van der Waals surface area contributed by atoms with Crippen LogP contribution >= 0.6 is 0 Å². The third-order valence-corrected chi connectivity index (χ3v) is 3.69. The number of carbonyl (C=O) groups is 1. The van der Waals surface area contributed by atoms with Gasteiger partial charge in [-0.15, -0.1) is 0 Å². The quantitative estimate of drug-likeness (QED) is 0.805. The Kier molecular flexibility index (Phi) is 5.34. The number of aliphatic hydroxyl groups is 1. The number of anilines is 1. The van der Waals surface area contributed by atoms with Gasteiger partial charge in [-0.2, -0.15) is 0 Å². The van der Waals surface area contributed by atoms with E-state index in [2.05, 4.69) is 10.6 Å². The Morgan fingerprint density at radius 2 is 1.78 bits per heavy atom. The number of rotatable bonds is 4. The van der Waals surface area contributed by atoms with Gasteiger partial charge >= 0.3 is 6.03 Å². The maximum absolute atomic E-state index is 12.9. The van der Waals surface area contributed by atoms with E-state index in [0.717, 1.165) is 16.8 Å². The van der Waals surface area contributed by atoms with Gasteiger partial charge in [0, 0.05) is 5.69 Å². The number of hydrogen-bond donors (Lipinski definition) is 3. The van der Waals surface area contributed by atoms with Crippen molar-refractivity contribution >= 4 is 11.7 Å². The van der Waals surface area contributed by atoms with E-state index in [1.807, 2.05) is 32.0 Å². The number of benzene rings is 2. The summed E-state index contributed by atoms with van der Waals surface area (Å²) in [6, 6.07) is 10.4. The Morgan fingerprint density at radius 3 is 2.43 bits per heavy atom. The second-order valence-corrected chi connectivity index (χ2v) is 5.70. The molecular formula is C18H21FN2O2. The van der Waals surface area contributed by atoms with E-state index in [4.69, 9.17) is 0 Å². The molecule has 2 aromatic rings. The molecule has 2 amide bonds. The Labute approximate surface area is 135 Å². The lowest BCUT2D eigenvalue weighted by Crippen LogP contribution is -2.39. The highest BCUT2D eigenvalue weighted by molar-refractivity contribution is 5.90. The van der Waals surface area contributed by atoms with Crippen LogP contribution in [0.15, 0.2) is 42.5 Å². The van der Waals surface area contributed by atoms with Crippen LogP contribution in [-0.4, -0.2) is 17.2 Å². The summed E-state index contributed by atoms with van der Waals surface area (Å²) in [5.74, 6) is -0.366. The smallest absolute Gasteiger partial charge is 0.319 e. The summed E-state index contributed by atoms with van der Waals surface area (Å²) in [7, 11) is 0. The van der Waals surface area contributed by atoms with Gasteiger partial charge in [0.05, 0.1) is 12.1 Å². The first-order chi connectivity index (χ1) is 10.9. The van der Waals surface area contributed by atoms with Crippen molar-refractivity contribution < 1.29 is 14.3 Å². The molecular weight excluding hydrogens is 295 g/mol. The molecule has 5 heteroatoms. The van der Waals surface area contributed by atoms with E-state index in [1.165, 1.54) is 24.3 Å². The van der Waals surface area contributed by atoms with E-state index in [1.54, 1.807) is 6.92 Å². The number of hydrogen-bond acceptors (Lipinski definition) is 2. The molecule has 2 aromatic carbocycles. The normalized spacial score (nSPS) is 13.3. The molecule has 23 heavy (non-hydrogen) atoms. The zero-order valence-electron chi connectivity index (χ0n) is 13.4. The van der Waals surface area contributed by atoms with Crippen LogP contribution in [0.3, 0.4) is 0 Å². The largest absolute Gasteiger partial charge is 0.386 e. The molecule has 0 spiro atoms. The summed E-state index contributed by atoms with van der Waals surface area (Å²) in [5.41, 5.74) is 3.28. The van der Waals surface area contributed by atoms with Gasteiger partial charge in [0.2, 0.25) is 0 Å². The van der Waals surface area contributed by atoms with Crippen molar-refractivity contribution in [3.63, 3.8) is 0 Å². The molecule has 0 saturated carbocycles. The van der Waals surface area contributed by atoms with Crippen LogP contribution in [0.25, 0.3) is 0 Å². The maximum atomic E-state index is 12.9. The molecule has 0 saturated heterocycles. The Bertz CT molecular complexity index is 686. The molecule has 2 atom stereocenters. The lowest BCUT2D eigenvalue weighted by molar-refractivity contribution is 0.139. The minimum atomic E-state index is -0.917. The highest BCUT2D eigenvalue weighted by Gasteiger charge is 2.18. The summed E-state index contributed by atoms with van der Waals surface area (Å²) < 4.78 is 12.9. The molecule has 0 radical (unpaired) electrons. The lowest BCUT2D eigenvalue weighted by Gasteiger charge is -2.21. The summed E-state index contributed by atoms with van der Waals surface area (Å²) in [6.07, 6.45) is -0.917. The van der Waals surface area contributed by atoms with Gasteiger partial charge in [-0.25, -0.2) is 9.18 Å². The topological polar surface area (TPSA) is 61.4 Å². The van der Waals surface area contributed by atoms with E-state index < -0.39 is 18.2 Å². The lowest BCUT2D eigenvalue weighted by atomic mass is 10.0. The van der Waals surface area contributed by atoms with Crippen molar-refractivity contribution in [2.24, 2.45) is 0 Å². The molecule has 0 aromatic heterocycles. The third-order valence-electron chi connectivity index (χ3n) is 3.69. The van der Waals surface area contributed by atoms with Crippen molar-refractivity contribution in [1.82, 2.24) is 5.32 Å². The first-order valence-corrected chi connectivity index (χ1v) is 7.45. The number of carbonyl (C=O) groups excluding carboxylic acids is 1. The maximum Gasteiger partial charge on any atom is 0.319 e. The average molecular weight is 316 g/mol.